The average Bonchev–Trinajstić information content (AvgIpc) is 2.26. The van der Waals surface area contributed by atoms with Gasteiger partial charge in [-0.25, -0.2) is 0 Å². The maximum absolute atomic E-state index is 11.3. The molecule has 0 bridgehead atoms. The van der Waals surface area contributed by atoms with Gasteiger partial charge in [-0.1, -0.05) is 6.08 Å². The SMILES string of the molecule is C=CCCCCC(=O)OC1CCCCO1. The first-order valence-corrected chi connectivity index (χ1v) is 5.75. The molecule has 1 aliphatic rings. The molecule has 1 atom stereocenters. The molecule has 15 heavy (non-hydrogen) atoms. The summed E-state index contributed by atoms with van der Waals surface area (Å²) in [5.74, 6) is -0.133. The molecule has 0 N–H and O–H groups in total. The summed E-state index contributed by atoms with van der Waals surface area (Å²) in [6, 6.07) is 0. The lowest BCUT2D eigenvalue weighted by Gasteiger charge is -2.22. The van der Waals surface area contributed by atoms with E-state index in [0.29, 0.717) is 13.0 Å². The highest BCUT2D eigenvalue weighted by atomic mass is 16.7. The van der Waals surface area contributed by atoms with Crippen molar-refractivity contribution < 1.29 is 14.3 Å². The van der Waals surface area contributed by atoms with E-state index < -0.39 is 0 Å². The van der Waals surface area contributed by atoms with Gasteiger partial charge in [0, 0.05) is 12.8 Å². The van der Waals surface area contributed by atoms with Crippen LogP contribution in [0.2, 0.25) is 0 Å². The van der Waals surface area contributed by atoms with Gasteiger partial charge in [0.05, 0.1) is 6.61 Å². The van der Waals surface area contributed by atoms with E-state index >= 15 is 0 Å². The van der Waals surface area contributed by atoms with Crippen molar-refractivity contribution in [3.05, 3.63) is 12.7 Å². The fraction of sp³-hybridized carbons (Fsp3) is 0.750. The summed E-state index contributed by atoms with van der Waals surface area (Å²) in [7, 11) is 0. The Morgan fingerprint density at radius 2 is 2.33 bits per heavy atom. The van der Waals surface area contributed by atoms with Gasteiger partial charge >= 0.3 is 5.97 Å². The zero-order valence-electron chi connectivity index (χ0n) is 9.24. The molecule has 1 fully saturated rings. The molecule has 3 heteroatoms. The second kappa shape index (κ2) is 7.46. The molecule has 0 spiro atoms. The normalized spacial score (nSPS) is 20.9. The van der Waals surface area contributed by atoms with Crippen molar-refractivity contribution in [2.75, 3.05) is 6.61 Å². The fourth-order valence-electron chi connectivity index (χ4n) is 1.57. The Bertz CT molecular complexity index is 195. The van der Waals surface area contributed by atoms with E-state index in [9.17, 15) is 4.79 Å². The van der Waals surface area contributed by atoms with Crippen molar-refractivity contribution >= 4 is 5.97 Å². The molecule has 0 radical (unpaired) electrons. The van der Waals surface area contributed by atoms with Crippen molar-refractivity contribution in [3.63, 3.8) is 0 Å². The molecule has 0 amide bonds. The molecule has 1 heterocycles. The minimum absolute atomic E-state index is 0.133. The molecular formula is C12H20O3. The molecule has 0 aromatic heterocycles. The fourth-order valence-corrected chi connectivity index (χ4v) is 1.57. The highest BCUT2D eigenvalue weighted by Crippen LogP contribution is 2.14. The number of hydrogen-bond donors (Lipinski definition) is 0. The zero-order chi connectivity index (χ0) is 10.9. The van der Waals surface area contributed by atoms with E-state index in [4.69, 9.17) is 9.47 Å². The number of carbonyl (C=O) groups excluding carboxylic acids is 1. The molecule has 86 valence electrons. The highest BCUT2D eigenvalue weighted by Gasteiger charge is 2.17. The van der Waals surface area contributed by atoms with Crippen LogP contribution in [0.3, 0.4) is 0 Å². The minimum atomic E-state index is -0.286. The molecular weight excluding hydrogens is 192 g/mol. The van der Waals surface area contributed by atoms with Gasteiger partial charge in [0.2, 0.25) is 6.29 Å². The van der Waals surface area contributed by atoms with Crippen LogP contribution in [0, 0.1) is 0 Å². The Balaban J connectivity index is 2.04. The van der Waals surface area contributed by atoms with Crippen LogP contribution in [-0.4, -0.2) is 18.9 Å². The molecule has 0 saturated carbocycles. The molecule has 1 aliphatic heterocycles. The second-order valence-corrected chi connectivity index (χ2v) is 3.82. The Morgan fingerprint density at radius 3 is 3.00 bits per heavy atom. The van der Waals surface area contributed by atoms with Crippen LogP contribution in [0.5, 0.6) is 0 Å². The van der Waals surface area contributed by atoms with Crippen molar-refractivity contribution in [2.45, 2.75) is 51.2 Å². The van der Waals surface area contributed by atoms with Gasteiger partial charge in [0.15, 0.2) is 0 Å². The Hall–Kier alpha value is -0.830. The summed E-state index contributed by atoms with van der Waals surface area (Å²) >= 11 is 0. The lowest BCUT2D eigenvalue weighted by atomic mass is 10.2. The van der Waals surface area contributed by atoms with Crippen LogP contribution in [0.25, 0.3) is 0 Å². The molecule has 0 aliphatic carbocycles. The zero-order valence-corrected chi connectivity index (χ0v) is 9.24. The van der Waals surface area contributed by atoms with Gasteiger partial charge in [0.25, 0.3) is 0 Å². The lowest BCUT2D eigenvalue weighted by molar-refractivity contribution is -0.186. The Morgan fingerprint density at radius 1 is 1.47 bits per heavy atom. The van der Waals surface area contributed by atoms with E-state index in [0.717, 1.165) is 38.5 Å². The van der Waals surface area contributed by atoms with E-state index in [-0.39, 0.29) is 12.3 Å². The summed E-state index contributed by atoms with van der Waals surface area (Å²) < 4.78 is 10.5. The van der Waals surface area contributed by atoms with Crippen molar-refractivity contribution in [3.8, 4) is 0 Å². The number of esters is 1. The van der Waals surface area contributed by atoms with Gasteiger partial charge in [-0.3, -0.25) is 4.79 Å². The van der Waals surface area contributed by atoms with Gasteiger partial charge in [-0.05, 0) is 32.1 Å². The summed E-state index contributed by atoms with van der Waals surface area (Å²) in [6.45, 7) is 4.35. The third-order valence-electron chi connectivity index (χ3n) is 2.44. The molecule has 0 aromatic carbocycles. The first-order chi connectivity index (χ1) is 7.33. The maximum Gasteiger partial charge on any atom is 0.308 e. The predicted octanol–water partition coefficient (Wildman–Crippen LogP) is 2.80. The number of ether oxygens (including phenoxy) is 2. The number of allylic oxidation sites excluding steroid dienone is 1. The maximum atomic E-state index is 11.3. The largest absolute Gasteiger partial charge is 0.436 e. The van der Waals surface area contributed by atoms with Crippen molar-refractivity contribution in [2.24, 2.45) is 0 Å². The third kappa shape index (κ3) is 5.57. The molecule has 1 rings (SSSR count). The summed E-state index contributed by atoms with van der Waals surface area (Å²) in [5, 5.41) is 0. The van der Waals surface area contributed by atoms with Crippen LogP contribution >= 0.6 is 0 Å². The molecule has 1 saturated heterocycles. The van der Waals surface area contributed by atoms with E-state index in [1.54, 1.807) is 0 Å². The summed E-state index contributed by atoms with van der Waals surface area (Å²) in [6.07, 6.45) is 7.93. The number of rotatable bonds is 6. The van der Waals surface area contributed by atoms with Gasteiger partial charge in [-0.2, -0.15) is 0 Å². The Kier molecular flexibility index (Phi) is 6.09. The van der Waals surface area contributed by atoms with Gasteiger partial charge < -0.3 is 9.47 Å². The molecule has 3 nitrogen and oxygen atoms in total. The molecule has 1 unspecified atom stereocenters. The second-order valence-electron chi connectivity index (χ2n) is 3.82. The van der Waals surface area contributed by atoms with Gasteiger partial charge in [0.1, 0.15) is 0 Å². The summed E-state index contributed by atoms with van der Waals surface area (Å²) in [4.78, 5) is 11.3. The van der Waals surface area contributed by atoms with Crippen LogP contribution in [0.15, 0.2) is 12.7 Å². The average molecular weight is 212 g/mol. The Labute approximate surface area is 91.4 Å². The van der Waals surface area contributed by atoms with Crippen LogP contribution in [0.4, 0.5) is 0 Å². The van der Waals surface area contributed by atoms with E-state index in [1.807, 2.05) is 6.08 Å². The molecule has 0 aromatic rings. The topological polar surface area (TPSA) is 35.5 Å². The van der Waals surface area contributed by atoms with Crippen LogP contribution in [0.1, 0.15) is 44.9 Å². The monoisotopic (exact) mass is 212 g/mol. The quantitative estimate of drug-likeness (QED) is 0.386. The predicted molar refractivity (Wildman–Crippen MR) is 58.3 cm³/mol. The van der Waals surface area contributed by atoms with Crippen molar-refractivity contribution in [1.82, 2.24) is 0 Å². The smallest absolute Gasteiger partial charge is 0.308 e. The van der Waals surface area contributed by atoms with E-state index in [2.05, 4.69) is 6.58 Å². The van der Waals surface area contributed by atoms with Gasteiger partial charge in [-0.15, -0.1) is 6.58 Å². The first kappa shape index (κ1) is 12.2. The van der Waals surface area contributed by atoms with Crippen LogP contribution < -0.4 is 0 Å². The third-order valence-corrected chi connectivity index (χ3v) is 2.44. The minimum Gasteiger partial charge on any atom is -0.436 e. The van der Waals surface area contributed by atoms with Crippen molar-refractivity contribution in [1.29, 1.82) is 0 Å². The summed E-state index contributed by atoms with van der Waals surface area (Å²) in [5.41, 5.74) is 0. The standard InChI is InChI=1S/C12H20O3/c1-2-3-4-5-8-11(13)15-12-9-6-7-10-14-12/h2,12H,1,3-10H2. The van der Waals surface area contributed by atoms with Crippen LogP contribution in [-0.2, 0) is 14.3 Å². The number of hydrogen-bond acceptors (Lipinski definition) is 3. The highest BCUT2D eigenvalue weighted by molar-refractivity contribution is 5.69. The number of unbranched alkanes of at least 4 members (excludes halogenated alkanes) is 2. The van der Waals surface area contributed by atoms with E-state index in [1.165, 1.54) is 0 Å². The number of carbonyl (C=O) groups is 1. The first-order valence-electron chi connectivity index (χ1n) is 5.75. The lowest BCUT2D eigenvalue weighted by Crippen LogP contribution is -2.25.